The van der Waals surface area contributed by atoms with E-state index in [4.69, 9.17) is 12.6 Å². The first-order chi connectivity index (χ1) is 10.4. The molecule has 2 nitrogen and oxygen atoms in total. The van der Waals surface area contributed by atoms with Gasteiger partial charge in [-0.15, -0.1) is 0 Å². The Morgan fingerprint density at radius 3 is 2.59 bits per heavy atom. The largest absolute Gasteiger partial charge is 0.299 e. The number of carbonyl (C=O) groups excluding carboxylic acids is 2. The maximum Gasteiger partial charge on any atom is 0.140 e. The second kappa shape index (κ2) is 4.84. The summed E-state index contributed by atoms with van der Waals surface area (Å²) in [5.41, 5.74) is -0.00948. The van der Waals surface area contributed by atoms with Crippen LogP contribution < -0.4 is 0 Å². The molecule has 0 spiro atoms. The van der Waals surface area contributed by atoms with Crippen molar-refractivity contribution in [1.29, 1.82) is 0 Å². The Morgan fingerprint density at radius 2 is 1.82 bits per heavy atom. The Labute approximate surface area is 139 Å². The van der Waals surface area contributed by atoms with Gasteiger partial charge < -0.3 is 0 Å². The summed E-state index contributed by atoms with van der Waals surface area (Å²) < 4.78 is 0. The highest BCUT2D eigenvalue weighted by Crippen LogP contribution is 2.65. The molecule has 0 saturated heterocycles. The van der Waals surface area contributed by atoms with Crippen LogP contribution in [0.4, 0.5) is 0 Å². The molecule has 0 bridgehead atoms. The lowest BCUT2D eigenvalue weighted by Crippen LogP contribution is -2.56. The van der Waals surface area contributed by atoms with Gasteiger partial charge in [-0.3, -0.25) is 9.59 Å². The molecular weight excluding hydrogens is 292 g/mol. The van der Waals surface area contributed by atoms with Crippen molar-refractivity contribution in [2.24, 2.45) is 34.5 Å². The Kier molecular flexibility index (Phi) is 3.35. The van der Waals surface area contributed by atoms with Crippen LogP contribution in [0.3, 0.4) is 0 Å². The molecule has 0 amide bonds. The minimum absolute atomic E-state index is 0.168. The Morgan fingerprint density at radius 1 is 1.05 bits per heavy atom. The standard InChI is InChI=1S/C19H28O2S/c1-18-7-4-3-5-13(18)14(20)9-11-12(18)6-8-19(2)16(21)10-15(22)17(11)19/h11-13,15,17,22H,3-10H2,1-2H3/t11-,12+,13-,15?,17-,18-,19-/m1/s1. The van der Waals surface area contributed by atoms with E-state index in [1.807, 2.05) is 0 Å². The zero-order valence-corrected chi connectivity index (χ0v) is 14.7. The number of Topliss-reactive ketones (excluding diaryl/α,β-unsaturated/α-hetero) is 2. The van der Waals surface area contributed by atoms with Crippen molar-refractivity contribution in [2.45, 2.75) is 70.5 Å². The first-order valence-corrected chi connectivity index (χ1v) is 9.63. The molecule has 0 radical (unpaired) electrons. The molecule has 0 aromatic carbocycles. The van der Waals surface area contributed by atoms with Crippen molar-refractivity contribution in [3.63, 3.8) is 0 Å². The molecule has 0 aromatic rings. The van der Waals surface area contributed by atoms with Gasteiger partial charge in [0.1, 0.15) is 11.6 Å². The van der Waals surface area contributed by atoms with E-state index >= 15 is 0 Å². The normalized spacial score (nSPS) is 54.6. The number of carbonyl (C=O) groups is 2. The maximum atomic E-state index is 12.9. The van der Waals surface area contributed by atoms with Gasteiger partial charge in [-0.1, -0.05) is 26.7 Å². The summed E-state index contributed by atoms with van der Waals surface area (Å²) in [7, 11) is 0. The van der Waals surface area contributed by atoms with E-state index in [0.29, 0.717) is 41.7 Å². The first-order valence-electron chi connectivity index (χ1n) is 9.12. The van der Waals surface area contributed by atoms with E-state index in [2.05, 4.69) is 13.8 Å². The van der Waals surface area contributed by atoms with E-state index in [1.54, 1.807) is 0 Å². The summed E-state index contributed by atoms with van der Waals surface area (Å²) in [6.07, 6.45) is 8.29. The zero-order chi connectivity index (χ0) is 15.7. The predicted octanol–water partition coefficient (Wildman–Crippen LogP) is 4.08. The van der Waals surface area contributed by atoms with E-state index in [1.165, 1.54) is 19.3 Å². The average Bonchev–Trinajstić information content (AvgIpc) is 2.69. The van der Waals surface area contributed by atoms with Crippen molar-refractivity contribution >= 4 is 24.2 Å². The molecule has 1 unspecified atom stereocenters. The molecule has 4 aliphatic carbocycles. The topological polar surface area (TPSA) is 34.1 Å². The predicted molar refractivity (Wildman–Crippen MR) is 89.9 cm³/mol. The average molecular weight is 320 g/mol. The van der Waals surface area contributed by atoms with E-state index < -0.39 is 0 Å². The zero-order valence-electron chi connectivity index (χ0n) is 13.8. The molecule has 4 saturated carbocycles. The highest BCUT2D eigenvalue weighted by molar-refractivity contribution is 7.81. The van der Waals surface area contributed by atoms with Gasteiger partial charge in [-0.25, -0.2) is 0 Å². The number of hydrogen-bond donors (Lipinski definition) is 1. The fourth-order valence-electron chi connectivity index (χ4n) is 6.94. The van der Waals surface area contributed by atoms with Gasteiger partial charge in [-0.05, 0) is 48.9 Å². The van der Waals surface area contributed by atoms with Gasteiger partial charge in [0.05, 0.1) is 0 Å². The van der Waals surface area contributed by atoms with Crippen molar-refractivity contribution in [2.75, 3.05) is 0 Å². The van der Waals surface area contributed by atoms with Crippen molar-refractivity contribution < 1.29 is 9.59 Å². The molecule has 22 heavy (non-hydrogen) atoms. The number of rotatable bonds is 0. The minimum Gasteiger partial charge on any atom is -0.299 e. The molecule has 122 valence electrons. The molecule has 4 fully saturated rings. The van der Waals surface area contributed by atoms with Crippen LogP contribution in [0.1, 0.15) is 65.2 Å². The lowest BCUT2D eigenvalue weighted by atomic mass is 9.45. The fraction of sp³-hybridized carbons (Fsp3) is 0.895. The second-order valence-corrected chi connectivity index (χ2v) is 9.58. The molecule has 0 heterocycles. The van der Waals surface area contributed by atoms with Crippen LogP contribution >= 0.6 is 12.6 Å². The SMILES string of the molecule is C[C@]12CCCC[C@@H]1C(=O)C[C@@H]1[C@@H]2CC[C@]2(C)C(=O)CC(S)[C@@H]12. The van der Waals surface area contributed by atoms with Crippen molar-refractivity contribution in [3.05, 3.63) is 0 Å². The molecule has 0 aromatic heterocycles. The minimum atomic E-state index is -0.203. The summed E-state index contributed by atoms with van der Waals surface area (Å²) in [5, 5.41) is 0.168. The van der Waals surface area contributed by atoms with E-state index in [-0.39, 0.29) is 16.1 Å². The van der Waals surface area contributed by atoms with Crippen LogP contribution in [-0.4, -0.2) is 16.8 Å². The molecule has 7 atom stereocenters. The monoisotopic (exact) mass is 320 g/mol. The Balaban J connectivity index is 1.74. The van der Waals surface area contributed by atoms with Crippen LogP contribution in [0.25, 0.3) is 0 Å². The molecule has 4 aliphatic rings. The smallest absolute Gasteiger partial charge is 0.140 e. The lowest BCUT2D eigenvalue weighted by Gasteiger charge is -2.59. The van der Waals surface area contributed by atoms with Gasteiger partial charge >= 0.3 is 0 Å². The van der Waals surface area contributed by atoms with Gasteiger partial charge in [-0.2, -0.15) is 12.6 Å². The quantitative estimate of drug-likeness (QED) is 0.683. The summed E-state index contributed by atoms with van der Waals surface area (Å²) in [5.74, 6) is 2.55. The van der Waals surface area contributed by atoms with Crippen molar-refractivity contribution in [3.8, 4) is 0 Å². The summed E-state index contributed by atoms with van der Waals surface area (Å²) in [6.45, 7) is 4.55. The first kappa shape index (κ1) is 15.2. The van der Waals surface area contributed by atoms with Crippen molar-refractivity contribution in [1.82, 2.24) is 0 Å². The van der Waals surface area contributed by atoms with Gasteiger partial charge in [0.25, 0.3) is 0 Å². The molecule has 0 aliphatic heterocycles. The Bertz CT molecular complexity index is 530. The fourth-order valence-corrected chi connectivity index (χ4v) is 7.65. The third kappa shape index (κ3) is 1.81. The number of hydrogen-bond acceptors (Lipinski definition) is 3. The number of fused-ring (bicyclic) bond motifs is 5. The highest BCUT2D eigenvalue weighted by atomic mass is 32.1. The summed E-state index contributed by atoms with van der Waals surface area (Å²) >= 11 is 4.79. The maximum absolute atomic E-state index is 12.9. The third-order valence-corrected chi connectivity index (χ3v) is 8.57. The molecule has 3 heteroatoms. The number of thiol groups is 1. The van der Waals surface area contributed by atoms with Crippen LogP contribution in [0.2, 0.25) is 0 Å². The Hall–Kier alpha value is -0.310. The third-order valence-electron chi connectivity index (χ3n) is 8.06. The van der Waals surface area contributed by atoms with Crippen LogP contribution in [0.15, 0.2) is 0 Å². The van der Waals surface area contributed by atoms with E-state index in [9.17, 15) is 9.59 Å². The molecule has 4 rings (SSSR count). The van der Waals surface area contributed by atoms with Crippen LogP contribution in [0, 0.1) is 34.5 Å². The second-order valence-electron chi connectivity index (χ2n) is 8.92. The van der Waals surface area contributed by atoms with Gasteiger partial charge in [0.15, 0.2) is 0 Å². The summed E-state index contributed by atoms with van der Waals surface area (Å²) in [4.78, 5) is 25.4. The van der Waals surface area contributed by atoms with Gasteiger partial charge in [0, 0.05) is 29.4 Å². The van der Waals surface area contributed by atoms with Crippen LogP contribution in [-0.2, 0) is 9.59 Å². The molecule has 0 N–H and O–H groups in total. The highest BCUT2D eigenvalue weighted by Gasteiger charge is 2.63. The van der Waals surface area contributed by atoms with Crippen LogP contribution in [0.5, 0.6) is 0 Å². The van der Waals surface area contributed by atoms with Gasteiger partial charge in [0.2, 0.25) is 0 Å². The number of ketones is 2. The van der Waals surface area contributed by atoms with E-state index in [0.717, 1.165) is 25.7 Å². The lowest BCUT2D eigenvalue weighted by molar-refractivity contribution is -0.155. The summed E-state index contributed by atoms with van der Waals surface area (Å²) in [6, 6.07) is 0. The molecular formula is C19H28O2S.